The van der Waals surface area contributed by atoms with Crippen molar-refractivity contribution < 1.29 is 19.2 Å². The SMILES string of the molecule is O=C1CC(Sc2ccccc2)C(=O)N1c1cccc(N2C(=O)CC(Sc3ccccc3)C2=O)c1. The zero-order valence-electron chi connectivity index (χ0n) is 18.0. The third kappa shape index (κ3) is 4.38. The lowest BCUT2D eigenvalue weighted by Crippen LogP contribution is -2.33. The van der Waals surface area contributed by atoms with Crippen LogP contribution in [0.15, 0.2) is 94.7 Å². The van der Waals surface area contributed by atoms with Crippen LogP contribution >= 0.6 is 23.5 Å². The maximum atomic E-state index is 13.1. The Morgan fingerprint density at radius 3 is 1.38 bits per heavy atom. The van der Waals surface area contributed by atoms with E-state index in [1.807, 2.05) is 60.7 Å². The summed E-state index contributed by atoms with van der Waals surface area (Å²) >= 11 is 2.72. The molecule has 2 fully saturated rings. The average Bonchev–Trinajstić information content (AvgIpc) is 3.28. The van der Waals surface area contributed by atoms with Crippen LogP contribution in [0.2, 0.25) is 0 Å². The van der Waals surface area contributed by atoms with Gasteiger partial charge in [0.15, 0.2) is 0 Å². The minimum Gasteiger partial charge on any atom is -0.274 e. The Morgan fingerprint density at radius 2 is 0.971 bits per heavy atom. The monoisotopic (exact) mass is 488 g/mol. The van der Waals surface area contributed by atoms with Gasteiger partial charge in [-0.3, -0.25) is 19.2 Å². The largest absolute Gasteiger partial charge is 0.274 e. The predicted molar refractivity (Wildman–Crippen MR) is 133 cm³/mol. The van der Waals surface area contributed by atoms with Gasteiger partial charge in [0.05, 0.1) is 21.9 Å². The van der Waals surface area contributed by atoms with Crippen molar-refractivity contribution in [2.45, 2.75) is 33.1 Å². The van der Waals surface area contributed by atoms with E-state index >= 15 is 0 Å². The Labute approximate surface area is 205 Å². The zero-order chi connectivity index (χ0) is 23.7. The van der Waals surface area contributed by atoms with Crippen molar-refractivity contribution >= 4 is 58.5 Å². The lowest BCUT2D eigenvalue weighted by atomic mass is 10.2. The molecule has 8 heteroatoms. The van der Waals surface area contributed by atoms with Crippen LogP contribution in [0.1, 0.15) is 12.8 Å². The van der Waals surface area contributed by atoms with Crippen molar-refractivity contribution in [1.82, 2.24) is 0 Å². The molecular weight excluding hydrogens is 468 g/mol. The van der Waals surface area contributed by atoms with Gasteiger partial charge in [-0.15, -0.1) is 23.5 Å². The fourth-order valence-electron chi connectivity index (χ4n) is 4.03. The first-order valence-corrected chi connectivity index (χ1v) is 12.5. The molecule has 3 aromatic carbocycles. The second-order valence-corrected chi connectivity index (χ2v) is 10.5. The van der Waals surface area contributed by atoms with E-state index < -0.39 is 10.5 Å². The number of carbonyl (C=O) groups excluding carboxylic acids is 4. The molecule has 2 aliphatic heterocycles. The summed E-state index contributed by atoms with van der Waals surface area (Å²) in [6.45, 7) is 0. The van der Waals surface area contributed by atoms with E-state index in [1.54, 1.807) is 24.3 Å². The standard InChI is InChI=1S/C26H20N2O4S2/c29-23-15-21(33-19-10-3-1-4-11-19)25(31)27(23)17-8-7-9-18(14-17)28-24(30)16-22(26(28)32)34-20-12-5-2-6-13-20/h1-14,21-22H,15-16H2. The molecule has 4 amide bonds. The van der Waals surface area contributed by atoms with Gasteiger partial charge in [-0.1, -0.05) is 42.5 Å². The van der Waals surface area contributed by atoms with Crippen LogP contribution in [0.4, 0.5) is 11.4 Å². The van der Waals surface area contributed by atoms with Crippen molar-refractivity contribution in [2.75, 3.05) is 9.80 Å². The third-order valence-electron chi connectivity index (χ3n) is 5.60. The number of benzene rings is 3. The first-order valence-electron chi connectivity index (χ1n) is 10.8. The molecular formula is C26H20N2O4S2. The molecule has 0 aliphatic carbocycles. The summed E-state index contributed by atoms with van der Waals surface area (Å²) in [7, 11) is 0. The number of anilines is 2. The van der Waals surface area contributed by atoms with Gasteiger partial charge in [0.2, 0.25) is 23.6 Å². The van der Waals surface area contributed by atoms with Crippen molar-refractivity contribution in [2.24, 2.45) is 0 Å². The fourth-order valence-corrected chi connectivity index (χ4v) is 6.18. The molecule has 0 N–H and O–H groups in total. The van der Waals surface area contributed by atoms with Gasteiger partial charge < -0.3 is 0 Å². The number of hydrogen-bond donors (Lipinski definition) is 0. The van der Waals surface area contributed by atoms with Gasteiger partial charge in [-0.2, -0.15) is 0 Å². The summed E-state index contributed by atoms with van der Waals surface area (Å²) in [5.41, 5.74) is 0.729. The number of rotatable bonds is 6. The highest BCUT2D eigenvalue weighted by molar-refractivity contribution is 8.01. The van der Waals surface area contributed by atoms with Crippen LogP contribution in [-0.4, -0.2) is 34.1 Å². The maximum absolute atomic E-state index is 13.1. The predicted octanol–water partition coefficient (Wildman–Crippen LogP) is 4.54. The quantitative estimate of drug-likeness (QED) is 0.475. The highest BCUT2D eigenvalue weighted by Gasteiger charge is 2.42. The van der Waals surface area contributed by atoms with Gasteiger partial charge in [0, 0.05) is 22.6 Å². The lowest BCUT2D eigenvalue weighted by molar-refractivity contribution is -0.122. The summed E-state index contributed by atoms with van der Waals surface area (Å²) < 4.78 is 0. The Hall–Kier alpha value is -3.36. The number of carbonyl (C=O) groups is 4. The molecule has 2 heterocycles. The van der Waals surface area contributed by atoms with Gasteiger partial charge >= 0.3 is 0 Å². The molecule has 0 aromatic heterocycles. The van der Waals surface area contributed by atoms with E-state index in [4.69, 9.17) is 0 Å². The Kier molecular flexibility index (Phi) is 6.26. The second-order valence-electron chi connectivity index (χ2n) is 7.90. The Bertz CT molecular complexity index is 1170. The van der Waals surface area contributed by atoms with E-state index in [0.29, 0.717) is 11.4 Å². The maximum Gasteiger partial charge on any atom is 0.247 e. The normalized spacial score (nSPS) is 20.5. The number of nitrogens with zero attached hydrogens (tertiary/aromatic N) is 2. The van der Waals surface area contributed by atoms with E-state index in [2.05, 4.69) is 0 Å². The molecule has 2 aliphatic rings. The minimum absolute atomic E-state index is 0.0972. The molecule has 170 valence electrons. The van der Waals surface area contributed by atoms with Crippen LogP contribution < -0.4 is 9.80 Å². The third-order valence-corrected chi connectivity index (χ3v) is 7.99. The van der Waals surface area contributed by atoms with Gasteiger partial charge in [0.1, 0.15) is 0 Å². The van der Waals surface area contributed by atoms with E-state index in [1.165, 1.54) is 23.5 Å². The highest BCUT2D eigenvalue weighted by Crippen LogP contribution is 2.37. The van der Waals surface area contributed by atoms with Crippen LogP contribution in [0, 0.1) is 0 Å². The van der Waals surface area contributed by atoms with Crippen LogP contribution in [-0.2, 0) is 19.2 Å². The molecule has 0 spiro atoms. The molecule has 2 saturated heterocycles. The van der Waals surface area contributed by atoms with Gasteiger partial charge in [-0.05, 0) is 42.5 Å². The first-order chi connectivity index (χ1) is 16.5. The smallest absolute Gasteiger partial charge is 0.247 e. The van der Waals surface area contributed by atoms with Crippen LogP contribution in [0.3, 0.4) is 0 Å². The molecule has 34 heavy (non-hydrogen) atoms. The minimum atomic E-state index is -0.514. The van der Waals surface area contributed by atoms with Crippen LogP contribution in [0.25, 0.3) is 0 Å². The second kappa shape index (κ2) is 9.48. The van der Waals surface area contributed by atoms with E-state index in [9.17, 15) is 19.2 Å². The summed E-state index contributed by atoms with van der Waals surface area (Å²) in [5.74, 6) is -1.19. The van der Waals surface area contributed by atoms with Crippen molar-refractivity contribution in [3.63, 3.8) is 0 Å². The highest BCUT2D eigenvalue weighted by atomic mass is 32.2. The molecule has 0 radical (unpaired) electrons. The molecule has 3 aromatic rings. The van der Waals surface area contributed by atoms with Crippen molar-refractivity contribution in [3.8, 4) is 0 Å². The molecule has 2 atom stereocenters. The number of thioether (sulfide) groups is 2. The van der Waals surface area contributed by atoms with E-state index in [-0.39, 0.29) is 36.5 Å². The number of imide groups is 2. The summed E-state index contributed by atoms with van der Waals surface area (Å²) in [6, 6.07) is 25.5. The topological polar surface area (TPSA) is 74.8 Å². The molecule has 6 nitrogen and oxygen atoms in total. The molecule has 5 rings (SSSR count). The summed E-state index contributed by atoms with van der Waals surface area (Å²) in [6.07, 6.45) is 0.194. The molecule has 0 bridgehead atoms. The Morgan fingerprint density at radius 1 is 0.559 bits per heavy atom. The molecule has 0 saturated carbocycles. The van der Waals surface area contributed by atoms with Gasteiger partial charge in [-0.25, -0.2) is 9.80 Å². The van der Waals surface area contributed by atoms with Crippen LogP contribution in [0.5, 0.6) is 0 Å². The Balaban J connectivity index is 1.35. The first kappa shape index (κ1) is 22.4. The number of hydrogen-bond acceptors (Lipinski definition) is 6. The van der Waals surface area contributed by atoms with Crippen molar-refractivity contribution in [1.29, 1.82) is 0 Å². The molecule has 2 unspecified atom stereocenters. The fraction of sp³-hybridized carbons (Fsp3) is 0.154. The zero-order valence-corrected chi connectivity index (χ0v) is 19.6. The summed E-state index contributed by atoms with van der Waals surface area (Å²) in [4.78, 5) is 55.8. The van der Waals surface area contributed by atoms with Crippen molar-refractivity contribution in [3.05, 3.63) is 84.9 Å². The van der Waals surface area contributed by atoms with E-state index in [0.717, 1.165) is 19.6 Å². The van der Waals surface area contributed by atoms with Gasteiger partial charge in [0.25, 0.3) is 0 Å². The lowest BCUT2D eigenvalue weighted by Gasteiger charge is -2.19. The summed E-state index contributed by atoms with van der Waals surface area (Å²) in [5, 5.41) is -1.03. The number of amides is 4. The average molecular weight is 489 g/mol.